The van der Waals surface area contributed by atoms with E-state index in [0.717, 1.165) is 38.1 Å². The number of rotatable bonds is 5. The Hall–Kier alpha value is -3.02. The van der Waals surface area contributed by atoms with Crippen molar-refractivity contribution < 1.29 is 4.79 Å². The number of hydrogen-bond donors (Lipinski definition) is 1. The van der Waals surface area contributed by atoms with Gasteiger partial charge in [-0.15, -0.1) is 21.5 Å². The SMILES string of the molecule is CCNC(=O)C[C@@H]1N=C(c2ccc(Cl)cc2)c2c(sc(CC#N)c2C)-n2c(C)nnc21. The number of amides is 1. The van der Waals surface area contributed by atoms with Crippen LogP contribution in [0.1, 0.15) is 52.6 Å². The van der Waals surface area contributed by atoms with Gasteiger partial charge in [-0.25, -0.2) is 0 Å². The predicted molar refractivity (Wildman–Crippen MR) is 121 cm³/mol. The lowest BCUT2D eigenvalue weighted by Gasteiger charge is -2.12. The molecule has 158 valence electrons. The summed E-state index contributed by atoms with van der Waals surface area (Å²) >= 11 is 7.67. The molecule has 0 aliphatic carbocycles. The Kier molecular flexibility index (Phi) is 5.90. The number of nitrogens with one attached hydrogen (secondary N) is 1. The van der Waals surface area contributed by atoms with Gasteiger partial charge in [0, 0.05) is 27.6 Å². The van der Waals surface area contributed by atoms with E-state index in [2.05, 4.69) is 21.6 Å². The van der Waals surface area contributed by atoms with E-state index in [9.17, 15) is 10.1 Å². The number of nitrogens with zero attached hydrogens (tertiary/aromatic N) is 5. The molecule has 3 aromatic rings. The third kappa shape index (κ3) is 3.87. The summed E-state index contributed by atoms with van der Waals surface area (Å²) in [4.78, 5) is 18.5. The monoisotopic (exact) mass is 452 g/mol. The van der Waals surface area contributed by atoms with Gasteiger partial charge in [-0.1, -0.05) is 23.7 Å². The molecule has 9 heteroatoms. The Morgan fingerprint density at radius 2 is 2.03 bits per heavy atom. The van der Waals surface area contributed by atoms with Crippen molar-refractivity contribution in [2.75, 3.05) is 6.54 Å². The number of hydrogen-bond acceptors (Lipinski definition) is 6. The number of aliphatic imine (C=N–C) groups is 1. The fourth-order valence-corrected chi connectivity index (χ4v) is 5.17. The highest BCUT2D eigenvalue weighted by Crippen LogP contribution is 2.40. The van der Waals surface area contributed by atoms with Gasteiger partial charge in [0.05, 0.1) is 24.6 Å². The van der Waals surface area contributed by atoms with Crippen molar-refractivity contribution in [2.24, 2.45) is 4.99 Å². The summed E-state index contributed by atoms with van der Waals surface area (Å²) in [6.45, 7) is 6.33. The second kappa shape index (κ2) is 8.61. The van der Waals surface area contributed by atoms with E-state index in [4.69, 9.17) is 16.6 Å². The third-order valence-electron chi connectivity index (χ3n) is 5.21. The second-order valence-electron chi connectivity index (χ2n) is 7.26. The van der Waals surface area contributed by atoms with Crippen LogP contribution in [-0.4, -0.2) is 32.9 Å². The highest BCUT2D eigenvalue weighted by molar-refractivity contribution is 7.15. The van der Waals surface area contributed by atoms with Crippen LogP contribution in [0, 0.1) is 25.2 Å². The zero-order valence-corrected chi connectivity index (χ0v) is 19.0. The van der Waals surface area contributed by atoms with Gasteiger partial charge in [0.2, 0.25) is 5.91 Å². The Morgan fingerprint density at radius 1 is 1.29 bits per heavy atom. The van der Waals surface area contributed by atoms with Crippen molar-refractivity contribution in [3.63, 3.8) is 0 Å². The highest BCUT2D eigenvalue weighted by Gasteiger charge is 2.32. The van der Waals surface area contributed by atoms with E-state index in [1.807, 2.05) is 49.6 Å². The molecule has 1 aliphatic rings. The molecule has 0 saturated carbocycles. The minimum absolute atomic E-state index is 0.0916. The molecule has 1 N–H and O–H groups in total. The summed E-state index contributed by atoms with van der Waals surface area (Å²) in [5, 5.41) is 22.4. The molecule has 1 aliphatic heterocycles. The molecule has 4 rings (SSSR count). The molecule has 7 nitrogen and oxygen atoms in total. The Labute approximate surface area is 189 Å². The molecule has 0 unspecified atom stereocenters. The summed E-state index contributed by atoms with van der Waals surface area (Å²) in [6.07, 6.45) is 0.484. The number of nitriles is 1. The molecule has 31 heavy (non-hydrogen) atoms. The van der Waals surface area contributed by atoms with Crippen molar-refractivity contribution in [1.29, 1.82) is 5.26 Å². The fraction of sp³-hybridized carbons (Fsp3) is 0.318. The molecule has 0 spiro atoms. The van der Waals surface area contributed by atoms with E-state index in [-0.39, 0.29) is 12.3 Å². The van der Waals surface area contributed by atoms with Gasteiger partial charge in [0.15, 0.2) is 5.82 Å². The average molecular weight is 453 g/mol. The van der Waals surface area contributed by atoms with Crippen molar-refractivity contribution in [3.05, 3.63) is 62.5 Å². The van der Waals surface area contributed by atoms with E-state index < -0.39 is 6.04 Å². The molecule has 1 amide bonds. The minimum atomic E-state index is -0.489. The van der Waals surface area contributed by atoms with E-state index in [1.165, 1.54) is 0 Å². The summed E-state index contributed by atoms with van der Waals surface area (Å²) in [5.41, 5.74) is 3.62. The van der Waals surface area contributed by atoms with Crippen LogP contribution in [0.5, 0.6) is 0 Å². The fourth-order valence-electron chi connectivity index (χ4n) is 3.75. The van der Waals surface area contributed by atoms with Gasteiger partial charge in [-0.2, -0.15) is 5.26 Å². The smallest absolute Gasteiger partial charge is 0.222 e. The van der Waals surface area contributed by atoms with Crippen LogP contribution in [-0.2, 0) is 11.2 Å². The normalized spacial score (nSPS) is 14.8. The molecule has 3 heterocycles. The molecule has 2 aromatic heterocycles. The number of carbonyl (C=O) groups excluding carboxylic acids is 1. The number of halogens is 1. The van der Waals surface area contributed by atoms with Crippen LogP contribution < -0.4 is 5.32 Å². The first-order chi connectivity index (χ1) is 14.9. The van der Waals surface area contributed by atoms with Crippen LogP contribution in [0.2, 0.25) is 5.02 Å². The van der Waals surface area contributed by atoms with E-state index in [1.54, 1.807) is 11.3 Å². The van der Waals surface area contributed by atoms with Gasteiger partial charge in [0.25, 0.3) is 0 Å². The Morgan fingerprint density at radius 3 is 2.71 bits per heavy atom. The number of carbonyl (C=O) groups is 1. The van der Waals surface area contributed by atoms with Crippen molar-refractivity contribution in [1.82, 2.24) is 20.1 Å². The van der Waals surface area contributed by atoms with Gasteiger partial charge in [0.1, 0.15) is 16.9 Å². The minimum Gasteiger partial charge on any atom is -0.356 e. The molecule has 0 saturated heterocycles. The standard InChI is InChI=1S/C22H21ClN6OS/c1-4-25-18(30)11-16-21-28-27-13(3)29(21)22-19(12(2)17(31-22)9-10-24)20(26-16)14-5-7-15(23)8-6-14/h5-8,16H,4,9,11H2,1-3H3,(H,25,30)/t16-/m0/s1. The quantitative estimate of drug-likeness (QED) is 0.630. The van der Waals surface area contributed by atoms with Crippen molar-refractivity contribution in [2.45, 2.75) is 39.7 Å². The largest absolute Gasteiger partial charge is 0.356 e. The number of aromatic nitrogens is 3. The topological polar surface area (TPSA) is 96.0 Å². The van der Waals surface area contributed by atoms with Crippen LogP contribution >= 0.6 is 22.9 Å². The average Bonchev–Trinajstić information content (AvgIpc) is 3.22. The zero-order valence-electron chi connectivity index (χ0n) is 17.4. The number of fused-ring (bicyclic) bond motifs is 3. The van der Waals surface area contributed by atoms with E-state index >= 15 is 0 Å². The summed E-state index contributed by atoms with van der Waals surface area (Å²) in [7, 11) is 0. The number of thiophene rings is 1. The molecule has 1 aromatic carbocycles. The summed E-state index contributed by atoms with van der Waals surface area (Å²) in [5.74, 6) is 1.25. The maximum absolute atomic E-state index is 12.5. The second-order valence-corrected chi connectivity index (χ2v) is 8.78. The van der Waals surface area contributed by atoms with Gasteiger partial charge in [-0.05, 0) is 38.5 Å². The van der Waals surface area contributed by atoms with Crippen LogP contribution in [0.3, 0.4) is 0 Å². The third-order valence-corrected chi connectivity index (χ3v) is 6.74. The Bertz CT molecular complexity index is 1220. The lowest BCUT2D eigenvalue weighted by Crippen LogP contribution is -2.25. The summed E-state index contributed by atoms with van der Waals surface area (Å²) in [6, 6.07) is 9.26. The summed E-state index contributed by atoms with van der Waals surface area (Å²) < 4.78 is 1.98. The molecular formula is C22H21ClN6OS. The molecule has 0 radical (unpaired) electrons. The van der Waals surface area contributed by atoms with Gasteiger partial charge >= 0.3 is 0 Å². The first-order valence-corrected chi connectivity index (χ1v) is 11.2. The number of aryl methyl sites for hydroxylation is 1. The highest BCUT2D eigenvalue weighted by atomic mass is 35.5. The first-order valence-electron chi connectivity index (χ1n) is 9.96. The van der Waals surface area contributed by atoms with Crippen LogP contribution in [0.15, 0.2) is 29.3 Å². The Balaban J connectivity index is 1.98. The van der Waals surface area contributed by atoms with Crippen LogP contribution in [0.25, 0.3) is 5.00 Å². The lowest BCUT2D eigenvalue weighted by molar-refractivity contribution is -0.121. The van der Waals surface area contributed by atoms with Crippen molar-refractivity contribution >= 4 is 34.6 Å². The first kappa shape index (κ1) is 21.2. The molecular weight excluding hydrogens is 432 g/mol. The zero-order chi connectivity index (χ0) is 22.1. The van der Waals surface area contributed by atoms with Crippen molar-refractivity contribution in [3.8, 4) is 11.1 Å². The predicted octanol–water partition coefficient (Wildman–Crippen LogP) is 4.08. The van der Waals surface area contributed by atoms with Gasteiger partial charge < -0.3 is 5.32 Å². The number of benzene rings is 1. The maximum Gasteiger partial charge on any atom is 0.222 e. The maximum atomic E-state index is 12.5. The molecule has 0 fully saturated rings. The van der Waals surface area contributed by atoms with Crippen LogP contribution in [0.4, 0.5) is 0 Å². The lowest BCUT2D eigenvalue weighted by atomic mass is 9.99. The van der Waals surface area contributed by atoms with E-state index in [0.29, 0.717) is 23.8 Å². The molecule has 1 atom stereocenters. The van der Waals surface area contributed by atoms with Gasteiger partial charge in [-0.3, -0.25) is 14.4 Å². The molecule has 0 bridgehead atoms.